The van der Waals surface area contributed by atoms with Crippen LogP contribution in [-0.4, -0.2) is 92.1 Å². The molecule has 1 atom stereocenters. The molecule has 71 heavy (non-hydrogen) atoms. The van der Waals surface area contributed by atoms with Crippen molar-refractivity contribution in [3.05, 3.63) is 124 Å². The van der Waals surface area contributed by atoms with E-state index >= 15 is 4.39 Å². The van der Waals surface area contributed by atoms with Crippen LogP contribution in [0.5, 0.6) is 5.75 Å². The molecule has 18 heteroatoms. The second-order valence-corrected chi connectivity index (χ2v) is 19.5. The standard InChI is InChI=1S/C53H52FN9O7S/c1-30-27-33(70-26-6-7-31-20-23-62(24-21-31)29-45(65)55-41-17-14-37-47(60-61(2)49(37)46(41)54)38-16-19-44(64)58-51(38)67)12-13-34(30)35-15-18-43(57-48(35)52(68)69)63-25-22-32-8-5-9-36(39(32)28-63)50(66)59-53-56-40-10-3-4-11-42(40)71-53/h3-5,8-15,17-18,27,31,38H,6-7,16,19-26,28-29H2,1-2H3,(H,55,65)(H,68,69)(H,56,59,66)(H,58,64,67). The Morgan fingerprint density at radius 3 is 2.52 bits per heavy atom. The number of carbonyl (C=O) groups is 5. The number of nitrogens with zero attached hydrogens (tertiary/aromatic N) is 6. The molecule has 364 valence electrons. The van der Waals surface area contributed by atoms with Gasteiger partial charge >= 0.3 is 5.97 Å². The first-order valence-corrected chi connectivity index (χ1v) is 24.7. The van der Waals surface area contributed by atoms with Crippen molar-refractivity contribution in [1.29, 1.82) is 0 Å². The van der Waals surface area contributed by atoms with E-state index in [4.69, 9.17) is 4.74 Å². The van der Waals surface area contributed by atoms with Crippen LogP contribution in [0.4, 0.5) is 21.0 Å². The summed E-state index contributed by atoms with van der Waals surface area (Å²) in [6.45, 7) is 5.06. The van der Waals surface area contributed by atoms with E-state index in [2.05, 4.69) is 35.9 Å². The van der Waals surface area contributed by atoms with Gasteiger partial charge in [0.1, 0.15) is 17.1 Å². The number of carboxylic acids is 1. The average Bonchev–Trinajstić information content (AvgIpc) is 3.93. The van der Waals surface area contributed by atoms with Crippen LogP contribution in [0.1, 0.15) is 87.7 Å². The van der Waals surface area contributed by atoms with E-state index in [0.717, 1.165) is 71.2 Å². The number of likely N-dealkylation sites (tertiary alicyclic amines) is 1. The van der Waals surface area contributed by atoms with Crippen LogP contribution >= 0.6 is 11.3 Å². The molecule has 2 saturated heterocycles. The Balaban J connectivity index is 0.697. The van der Waals surface area contributed by atoms with Gasteiger partial charge in [0.15, 0.2) is 16.6 Å². The SMILES string of the molecule is Cc1cc(OCCCC2CCN(CC(=O)Nc3ccc4c(C5CCC(=O)NC5=O)nn(C)c4c3F)CC2)ccc1-c1ccc(N2CCc3cccc(C(=O)Nc4nc5ccccc5s4)c3C2)nc1C(=O)O. The fraction of sp³-hybridized carbons (Fsp3) is 0.321. The molecule has 4 N–H and O–H groups in total. The molecule has 3 aliphatic heterocycles. The van der Waals surface area contributed by atoms with Crippen molar-refractivity contribution in [1.82, 2.24) is 30.0 Å². The number of carbonyl (C=O) groups excluding carboxylic acids is 4. The summed E-state index contributed by atoms with van der Waals surface area (Å²) in [6.07, 6.45) is 4.81. The third-order valence-corrected chi connectivity index (χ3v) is 14.8. The zero-order chi connectivity index (χ0) is 49.3. The van der Waals surface area contributed by atoms with Gasteiger partial charge in [-0.05, 0) is 141 Å². The van der Waals surface area contributed by atoms with Gasteiger partial charge in [0.2, 0.25) is 17.7 Å². The molecule has 0 spiro atoms. The maximum Gasteiger partial charge on any atom is 0.355 e. The highest BCUT2D eigenvalue weighted by Crippen LogP contribution is 2.36. The number of aromatic carboxylic acids is 1. The van der Waals surface area contributed by atoms with Crippen molar-refractivity contribution in [3.63, 3.8) is 0 Å². The first kappa shape index (κ1) is 47.1. The lowest BCUT2D eigenvalue weighted by Gasteiger charge is -2.31. The first-order valence-electron chi connectivity index (χ1n) is 23.9. The van der Waals surface area contributed by atoms with Gasteiger partial charge in [-0.1, -0.05) is 41.7 Å². The summed E-state index contributed by atoms with van der Waals surface area (Å²) in [4.78, 5) is 76.9. The quantitative estimate of drug-likeness (QED) is 0.0602. The predicted molar refractivity (Wildman–Crippen MR) is 268 cm³/mol. The number of thiazole rings is 1. The van der Waals surface area contributed by atoms with Crippen molar-refractivity contribution in [2.24, 2.45) is 13.0 Å². The topological polar surface area (TPSA) is 201 Å². The van der Waals surface area contributed by atoms with Crippen molar-refractivity contribution in [2.75, 3.05) is 48.3 Å². The normalized spacial score (nSPS) is 16.5. The number of aromatic nitrogens is 4. The maximum absolute atomic E-state index is 15.8. The molecule has 4 amide bonds. The molecule has 7 aromatic rings. The molecule has 4 aromatic carbocycles. The predicted octanol–water partition coefficient (Wildman–Crippen LogP) is 8.24. The summed E-state index contributed by atoms with van der Waals surface area (Å²) in [5, 5.41) is 23.8. The molecular weight excluding hydrogens is 926 g/mol. The molecular formula is C53H52FN9O7S. The number of nitrogens with one attached hydrogen (secondary N) is 3. The molecule has 2 fully saturated rings. The number of benzene rings is 4. The summed E-state index contributed by atoms with van der Waals surface area (Å²) in [6, 6.07) is 25.9. The number of amides is 4. The molecule has 10 rings (SSSR count). The highest BCUT2D eigenvalue weighted by atomic mass is 32.1. The lowest BCUT2D eigenvalue weighted by molar-refractivity contribution is -0.134. The molecule has 3 aliphatic rings. The van der Waals surface area contributed by atoms with Gasteiger partial charge in [-0.3, -0.25) is 39.4 Å². The number of imide groups is 1. The van der Waals surface area contributed by atoms with Crippen LogP contribution < -0.4 is 25.6 Å². The lowest BCUT2D eigenvalue weighted by atomic mass is 9.92. The Morgan fingerprint density at radius 1 is 0.915 bits per heavy atom. The van der Waals surface area contributed by atoms with Crippen molar-refractivity contribution in [2.45, 2.75) is 64.3 Å². The van der Waals surface area contributed by atoms with Crippen LogP contribution in [0.15, 0.2) is 84.9 Å². The number of halogens is 1. The number of fused-ring (bicyclic) bond motifs is 3. The summed E-state index contributed by atoms with van der Waals surface area (Å²) >= 11 is 1.42. The highest BCUT2D eigenvalue weighted by Gasteiger charge is 2.33. The molecule has 0 saturated carbocycles. The first-order chi connectivity index (χ1) is 34.4. The largest absolute Gasteiger partial charge is 0.494 e. The van der Waals surface area contributed by atoms with Crippen LogP contribution in [0, 0.1) is 18.7 Å². The molecule has 16 nitrogen and oxygen atoms in total. The second-order valence-electron chi connectivity index (χ2n) is 18.5. The summed E-state index contributed by atoms with van der Waals surface area (Å²) < 4.78 is 24.3. The second kappa shape index (κ2) is 20.0. The third kappa shape index (κ3) is 9.94. The summed E-state index contributed by atoms with van der Waals surface area (Å²) in [5.41, 5.74) is 5.97. The maximum atomic E-state index is 15.8. The number of rotatable bonds is 14. The zero-order valence-corrected chi connectivity index (χ0v) is 40.1. The Morgan fingerprint density at radius 2 is 1.73 bits per heavy atom. The highest BCUT2D eigenvalue weighted by molar-refractivity contribution is 7.22. The number of piperidine rings is 2. The summed E-state index contributed by atoms with van der Waals surface area (Å²) in [5.74, 6) is -2.09. The Kier molecular flexibility index (Phi) is 13.3. The number of para-hydroxylation sites is 1. The van der Waals surface area contributed by atoms with Gasteiger partial charge in [0, 0.05) is 43.1 Å². The van der Waals surface area contributed by atoms with E-state index in [1.54, 1.807) is 19.2 Å². The Labute approximate surface area is 412 Å². The zero-order valence-electron chi connectivity index (χ0n) is 39.3. The number of pyridine rings is 1. The third-order valence-electron chi connectivity index (χ3n) is 13.8. The number of anilines is 3. The lowest BCUT2D eigenvalue weighted by Crippen LogP contribution is -2.39. The van der Waals surface area contributed by atoms with Crippen molar-refractivity contribution >= 4 is 78.7 Å². The van der Waals surface area contributed by atoms with Crippen LogP contribution in [0.2, 0.25) is 0 Å². The minimum Gasteiger partial charge on any atom is -0.494 e. The van der Waals surface area contributed by atoms with E-state index in [1.165, 1.54) is 22.1 Å². The van der Waals surface area contributed by atoms with Gasteiger partial charge in [0.05, 0.1) is 40.7 Å². The van der Waals surface area contributed by atoms with Crippen molar-refractivity contribution < 1.29 is 38.2 Å². The van der Waals surface area contributed by atoms with Crippen LogP contribution in [0.25, 0.3) is 32.2 Å². The van der Waals surface area contributed by atoms with Gasteiger partial charge in [-0.2, -0.15) is 5.10 Å². The Bertz CT molecular complexity index is 3220. The number of aryl methyl sites for hydroxylation is 2. The molecule has 1 unspecified atom stereocenters. The molecule has 0 bridgehead atoms. The number of hydrogen-bond acceptors (Lipinski definition) is 12. The molecule has 0 aliphatic carbocycles. The monoisotopic (exact) mass is 977 g/mol. The smallest absolute Gasteiger partial charge is 0.355 e. The van der Waals surface area contributed by atoms with E-state index < -0.39 is 23.6 Å². The Hall–Kier alpha value is -7.57. The van der Waals surface area contributed by atoms with Crippen LogP contribution in [0.3, 0.4) is 0 Å². The molecule has 6 heterocycles. The fourth-order valence-electron chi connectivity index (χ4n) is 10.2. The minimum absolute atomic E-state index is 0.0399. The fourth-order valence-corrected chi connectivity index (χ4v) is 11.0. The molecule has 3 aromatic heterocycles. The van der Waals surface area contributed by atoms with E-state index in [1.807, 2.05) is 78.6 Å². The number of hydrogen-bond donors (Lipinski definition) is 4. The van der Waals surface area contributed by atoms with Gasteiger partial charge in [-0.15, -0.1) is 0 Å². The van der Waals surface area contributed by atoms with E-state index in [-0.39, 0.29) is 47.6 Å². The average molecular weight is 978 g/mol. The minimum atomic E-state index is -1.14. The van der Waals surface area contributed by atoms with Crippen molar-refractivity contribution in [3.8, 4) is 16.9 Å². The van der Waals surface area contributed by atoms with E-state index in [9.17, 15) is 29.1 Å². The van der Waals surface area contributed by atoms with E-state index in [0.29, 0.717) is 77.4 Å². The van der Waals surface area contributed by atoms with Gasteiger partial charge in [-0.25, -0.2) is 19.2 Å². The summed E-state index contributed by atoms with van der Waals surface area (Å²) in [7, 11) is 1.59. The number of ether oxygens (including phenoxy) is 1. The van der Waals surface area contributed by atoms with Gasteiger partial charge < -0.3 is 20.1 Å². The van der Waals surface area contributed by atoms with Crippen LogP contribution in [-0.2, 0) is 34.4 Å². The van der Waals surface area contributed by atoms with Gasteiger partial charge in [0.25, 0.3) is 5.91 Å². The molecule has 0 radical (unpaired) electrons. The number of carboxylic acid groups (broad SMARTS) is 1.